The van der Waals surface area contributed by atoms with E-state index in [0.29, 0.717) is 24.4 Å². The van der Waals surface area contributed by atoms with Gasteiger partial charge in [-0.15, -0.1) is 11.6 Å². The first kappa shape index (κ1) is 12.0. The summed E-state index contributed by atoms with van der Waals surface area (Å²) in [5.74, 6) is 0.509. The first-order chi connectivity index (χ1) is 7.19. The summed E-state index contributed by atoms with van der Waals surface area (Å²) in [7, 11) is 0. The normalized spacial score (nSPS) is 10.5. The van der Waals surface area contributed by atoms with Crippen LogP contribution in [0.2, 0.25) is 0 Å². The Hall–Kier alpha value is -1.03. The van der Waals surface area contributed by atoms with Crippen LogP contribution >= 0.6 is 11.6 Å². The molecule has 15 heavy (non-hydrogen) atoms. The minimum absolute atomic E-state index is 0.274. The monoisotopic (exact) mass is 230 g/mol. The van der Waals surface area contributed by atoms with Gasteiger partial charge in [0, 0.05) is 24.2 Å². The zero-order valence-corrected chi connectivity index (χ0v) is 9.51. The van der Waals surface area contributed by atoms with E-state index in [0.717, 1.165) is 12.8 Å². The third-order valence-electron chi connectivity index (χ3n) is 2.14. The lowest BCUT2D eigenvalue weighted by Gasteiger charge is -2.05. The molecule has 0 aromatic carbocycles. The number of alkyl halides is 1. The molecule has 0 saturated heterocycles. The minimum atomic E-state index is -0.357. The summed E-state index contributed by atoms with van der Waals surface area (Å²) in [6.45, 7) is 2.55. The molecule has 0 fully saturated rings. The number of hydrogen-bond donors (Lipinski definition) is 1. The van der Waals surface area contributed by atoms with Gasteiger partial charge in [0.05, 0.1) is 0 Å². The van der Waals surface area contributed by atoms with Crippen LogP contribution < -0.4 is 11.2 Å². The van der Waals surface area contributed by atoms with Crippen molar-refractivity contribution in [3.63, 3.8) is 0 Å². The SMILES string of the molecule is CCCc1cn(CCCCl)c(=O)[nH]c1=O. The molecule has 1 N–H and O–H groups in total. The number of rotatable bonds is 5. The Morgan fingerprint density at radius 2 is 2.20 bits per heavy atom. The molecule has 1 rings (SSSR count). The molecule has 0 aliphatic carbocycles. The molecule has 0 bridgehead atoms. The molecule has 4 nitrogen and oxygen atoms in total. The van der Waals surface area contributed by atoms with Crippen LogP contribution in [0.15, 0.2) is 15.8 Å². The van der Waals surface area contributed by atoms with Crippen molar-refractivity contribution < 1.29 is 0 Å². The maximum absolute atomic E-state index is 11.4. The van der Waals surface area contributed by atoms with E-state index < -0.39 is 0 Å². The molecule has 0 radical (unpaired) electrons. The van der Waals surface area contributed by atoms with Gasteiger partial charge in [-0.1, -0.05) is 13.3 Å². The quantitative estimate of drug-likeness (QED) is 0.771. The van der Waals surface area contributed by atoms with Crippen molar-refractivity contribution >= 4 is 11.6 Å². The largest absolute Gasteiger partial charge is 0.328 e. The van der Waals surface area contributed by atoms with Gasteiger partial charge in [-0.05, 0) is 12.8 Å². The highest BCUT2D eigenvalue weighted by Crippen LogP contribution is 1.95. The molecule has 84 valence electrons. The van der Waals surface area contributed by atoms with E-state index in [1.807, 2.05) is 6.92 Å². The van der Waals surface area contributed by atoms with Crippen LogP contribution in [0, 0.1) is 0 Å². The predicted molar refractivity (Wildman–Crippen MR) is 60.7 cm³/mol. The molecule has 1 aromatic rings. The lowest BCUT2D eigenvalue weighted by atomic mass is 10.2. The highest BCUT2D eigenvalue weighted by Gasteiger charge is 2.03. The number of aryl methyl sites for hydroxylation is 2. The van der Waals surface area contributed by atoms with Gasteiger partial charge in [0.15, 0.2) is 0 Å². The highest BCUT2D eigenvalue weighted by atomic mass is 35.5. The van der Waals surface area contributed by atoms with Crippen molar-refractivity contribution in [2.75, 3.05) is 5.88 Å². The fourth-order valence-corrected chi connectivity index (χ4v) is 1.52. The lowest BCUT2D eigenvalue weighted by molar-refractivity contribution is 0.625. The molecular formula is C10H15ClN2O2. The zero-order chi connectivity index (χ0) is 11.3. The Kier molecular flexibility index (Phi) is 4.62. The molecule has 0 amide bonds. The van der Waals surface area contributed by atoms with Crippen LogP contribution in [-0.4, -0.2) is 15.4 Å². The first-order valence-corrected chi connectivity index (χ1v) is 5.61. The van der Waals surface area contributed by atoms with Crippen LogP contribution in [0.4, 0.5) is 0 Å². The molecule has 0 atom stereocenters. The summed E-state index contributed by atoms with van der Waals surface area (Å²) in [6, 6.07) is 0. The van der Waals surface area contributed by atoms with Crippen molar-refractivity contribution in [2.45, 2.75) is 32.7 Å². The first-order valence-electron chi connectivity index (χ1n) is 5.07. The number of hydrogen-bond acceptors (Lipinski definition) is 2. The average Bonchev–Trinajstić information content (AvgIpc) is 2.20. The van der Waals surface area contributed by atoms with Crippen molar-refractivity contribution in [2.24, 2.45) is 0 Å². The molecule has 0 aliphatic rings. The standard InChI is InChI=1S/C10H15ClN2O2/c1-2-4-8-7-13(6-3-5-11)10(15)12-9(8)14/h7H,2-6H2,1H3,(H,12,14,15). The topological polar surface area (TPSA) is 54.9 Å². The maximum Gasteiger partial charge on any atom is 0.328 e. The van der Waals surface area contributed by atoms with Gasteiger partial charge in [-0.2, -0.15) is 0 Å². The van der Waals surface area contributed by atoms with Crippen molar-refractivity contribution in [1.29, 1.82) is 0 Å². The van der Waals surface area contributed by atoms with E-state index in [1.165, 1.54) is 4.57 Å². The van der Waals surface area contributed by atoms with E-state index in [-0.39, 0.29) is 11.2 Å². The van der Waals surface area contributed by atoms with Crippen molar-refractivity contribution in [1.82, 2.24) is 9.55 Å². The van der Waals surface area contributed by atoms with E-state index in [2.05, 4.69) is 4.98 Å². The maximum atomic E-state index is 11.4. The molecule has 0 aliphatic heterocycles. The minimum Gasteiger partial charge on any atom is -0.300 e. The summed E-state index contributed by atoms with van der Waals surface area (Å²) < 4.78 is 1.51. The van der Waals surface area contributed by atoms with Crippen LogP contribution in [0.25, 0.3) is 0 Å². The number of aromatic nitrogens is 2. The lowest BCUT2D eigenvalue weighted by Crippen LogP contribution is -2.31. The summed E-state index contributed by atoms with van der Waals surface area (Å²) in [4.78, 5) is 25.0. The Bertz CT molecular complexity index is 422. The molecule has 0 spiro atoms. The van der Waals surface area contributed by atoms with Gasteiger partial charge in [0.2, 0.25) is 0 Å². The number of aromatic amines is 1. The van der Waals surface area contributed by atoms with Gasteiger partial charge in [0.1, 0.15) is 0 Å². The fourth-order valence-electron chi connectivity index (χ4n) is 1.40. The average molecular weight is 231 g/mol. The molecule has 5 heteroatoms. The summed E-state index contributed by atoms with van der Waals surface area (Å²) in [5.41, 5.74) is 0.0283. The second-order valence-electron chi connectivity index (χ2n) is 3.40. The van der Waals surface area contributed by atoms with E-state index in [4.69, 9.17) is 11.6 Å². The third-order valence-corrected chi connectivity index (χ3v) is 2.40. The zero-order valence-electron chi connectivity index (χ0n) is 8.75. The van der Waals surface area contributed by atoms with Crippen LogP contribution in [0.5, 0.6) is 0 Å². The Morgan fingerprint density at radius 1 is 1.47 bits per heavy atom. The Labute approximate surface area is 92.9 Å². The molecule has 0 saturated carbocycles. The summed E-state index contributed by atoms with van der Waals surface area (Å²) in [5, 5.41) is 0. The van der Waals surface area contributed by atoms with E-state index >= 15 is 0 Å². The van der Waals surface area contributed by atoms with Crippen LogP contribution in [-0.2, 0) is 13.0 Å². The van der Waals surface area contributed by atoms with Gasteiger partial charge in [0.25, 0.3) is 5.56 Å². The van der Waals surface area contributed by atoms with Gasteiger partial charge < -0.3 is 4.57 Å². The van der Waals surface area contributed by atoms with E-state index in [1.54, 1.807) is 6.20 Å². The Balaban J connectivity index is 3.01. The molecule has 0 unspecified atom stereocenters. The summed E-state index contributed by atoms with van der Waals surface area (Å²) >= 11 is 5.55. The summed E-state index contributed by atoms with van der Waals surface area (Å²) in [6.07, 6.45) is 3.93. The van der Waals surface area contributed by atoms with Crippen molar-refractivity contribution in [3.05, 3.63) is 32.6 Å². The van der Waals surface area contributed by atoms with E-state index in [9.17, 15) is 9.59 Å². The van der Waals surface area contributed by atoms with Gasteiger partial charge >= 0.3 is 5.69 Å². The van der Waals surface area contributed by atoms with Crippen molar-refractivity contribution in [3.8, 4) is 0 Å². The van der Waals surface area contributed by atoms with Crippen LogP contribution in [0.1, 0.15) is 25.3 Å². The fraction of sp³-hybridized carbons (Fsp3) is 0.600. The molecular weight excluding hydrogens is 216 g/mol. The predicted octanol–water partition coefficient (Wildman–Crippen LogP) is 1.12. The number of nitrogens with one attached hydrogen (secondary N) is 1. The second kappa shape index (κ2) is 5.75. The smallest absolute Gasteiger partial charge is 0.300 e. The molecule has 1 heterocycles. The van der Waals surface area contributed by atoms with Gasteiger partial charge in [-0.3, -0.25) is 9.78 Å². The number of halogens is 1. The third kappa shape index (κ3) is 3.23. The molecule has 1 aromatic heterocycles. The number of H-pyrrole nitrogens is 1. The highest BCUT2D eigenvalue weighted by molar-refractivity contribution is 6.17. The van der Waals surface area contributed by atoms with Gasteiger partial charge in [-0.25, -0.2) is 4.79 Å². The number of nitrogens with zero attached hydrogens (tertiary/aromatic N) is 1. The van der Waals surface area contributed by atoms with Crippen LogP contribution in [0.3, 0.4) is 0 Å². The second-order valence-corrected chi connectivity index (χ2v) is 3.78. The Morgan fingerprint density at radius 3 is 2.80 bits per heavy atom.